The number of hydrogen-bond acceptors (Lipinski definition) is 5. The summed E-state index contributed by atoms with van der Waals surface area (Å²) in [5, 5.41) is 6.46. The van der Waals surface area contributed by atoms with Gasteiger partial charge in [-0.2, -0.15) is 0 Å². The summed E-state index contributed by atoms with van der Waals surface area (Å²) in [6.07, 6.45) is 3.25. The molecular formula is C15H31N3O3. The molecule has 1 rings (SSSR count). The van der Waals surface area contributed by atoms with Crippen LogP contribution in [0, 0.1) is 0 Å². The van der Waals surface area contributed by atoms with Crippen molar-refractivity contribution in [1.29, 1.82) is 0 Å². The molecule has 0 aromatic rings. The third-order valence-corrected chi connectivity index (χ3v) is 3.95. The molecule has 2 unspecified atom stereocenters. The standard InChI is InChI=1S/C15H31N3O3/c1-13(15(19)17-8-5-10-20-2)18(9-11-21-3)12-14-6-4-7-16-14/h13-14,16H,4-12H2,1-3H3,(H,17,19). The summed E-state index contributed by atoms with van der Waals surface area (Å²) in [6.45, 7) is 6.72. The molecule has 1 aliphatic rings. The van der Waals surface area contributed by atoms with Gasteiger partial charge in [0.2, 0.25) is 5.91 Å². The van der Waals surface area contributed by atoms with Gasteiger partial charge < -0.3 is 20.1 Å². The van der Waals surface area contributed by atoms with Gasteiger partial charge in [-0.3, -0.25) is 9.69 Å². The monoisotopic (exact) mass is 301 g/mol. The molecule has 0 aromatic carbocycles. The molecule has 2 atom stereocenters. The molecule has 124 valence electrons. The Bertz CT molecular complexity index is 283. The predicted octanol–water partition coefficient (Wildman–Crippen LogP) is 0.228. The van der Waals surface area contributed by atoms with Crippen LogP contribution >= 0.6 is 0 Å². The van der Waals surface area contributed by atoms with Gasteiger partial charge in [-0.15, -0.1) is 0 Å². The second kappa shape index (κ2) is 11.0. The van der Waals surface area contributed by atoms with E-state index in [0.29, 0.717) is 25.8 Å². The van der Waals surface area contributed by atoms with Crippen LogP contribution in [-0.4, -0.2) is 76.5 Å². The normalized spacial score (nSPS) is 19.9. The quantitative estimate of drug-likeness (QED) is 0.535. The van der Waals surface area contributed by atoms with Crippen molar-refractivity contribution in [1.82, 2.24) is 15.5 Å². The van der Waals surface area contributed by atoms with Crippen LogP contribution in [0.5, 0.6) is 0 Å². The number of nitrogens with one attached hydrogen (secondary N) is 2. The lowest BCUT2D eigenvalue weighted by Crippen LogP contribution is -2.50. The minimum atomic E-state index is -0.134. The molecule has 21 heavy (non-hydrogen) atoms. The Morgan fingerprint density at radius 3 is 2.76 bits per heavy atom. The minimum Gasteiger partial charge on any atom is -0.385 e. The molecule has 0 aromatic heterocycles. The van der Waals surface area contributed by atoms with Crippen molar-refractivity contribution in [2.24, 2.45) is 0 Å². The largest absolute Gasteiger partial charge is 0.385 e. The Balaban J connectivity index is 2.40. The second-order valence-corrected chi connectivity index (χ2v) is 5.59. The van der Waals surface area contributed by atoms with Crippen LogP contribution < -0.4 is 10.6 Å². The molecule has 0 spiro atoms. The first kappa shape index (κ1) is 18.4. The molecule has 6 heteroatoms. The number of carbonyl (C=O) groups is 1. The van der Waals surface area contributed by atoms with Gasteiger partial charge in [0.05, 0.1) is 12.6 Å². The van der Waals surface area contributed by atoms with E-state index >= 15 is 0 Å². The zero-order chi connectivity index (χ0) is 15.5. The van der Waals surface area contributed by atoms with Crippen LogP contribution in [0.1, 0.15) is 26.2 Å². The Labute approximate surface area is 128 Å². The van der Waals surface area contributed by atoms with E-state index in [2.05, 4.69) is 15.5 Å². The van der Waals surface area contributed by atoms with Crippen molar-refractivity contribution in [2.45, 2.75) is 38.3 Å². The Hall–Kier alpha value is -0.690. The molecule has 2 N–H and O–H groups in total. The summed E-state index contributed by atoms with van der Waals surface area (Å²) >= 11 is 0. The van der Waals surface area contributed by atoms with Gasteiger partial charge in [-0.25, -0.2) is 0 Å². The lowest BCUT2D eigenvalue weighted by atomic mass is 10.1. The zero-order valence-corrected chi connectivity index (χ0v) is 13.7. The molecular weight excluding hydrogens is 270 g/mol. The molecule has 0 bridgehead atoms. The summed E-state index contributed by atoms with van der Waals surface area (Å²) in [4.78, 5) is 14.4. The molecule has 1 heterocycles. The molecule has 1 amide bonds. The maximum absolute atomic E-state index is 12.2. The van der Waals surface area contributed by atoms with Crippen molar-refractivity contribution in [3.05, 3.63) is 0 Å². The van der Waals surface area contributed by atoms with Crippen molar-refractivity contribution in [2.75, 3.05) is 53.6 Å². The molecule has 6 nitrogen and oxygen atoms in total. The van der Waals surface area contributed by atoms with Crippen molar-refractivity contribution in [3.8, 4) is 0 Å². The number of ether oxygens (including phenoxy) is 2. The van der Waals surface area contributed by atoms with Crippen LogP contribution in [0.15, 0.2) is 0 Å². The summed E-state index contributed by atoms with van der Waals surface area (Å²) < 4.78 is 10.2. The molecule has 1 saturated heterocycles. The fourth-order valence-corrected chi connectivity index (χ4v) is 2.59. The van der Waals surface area contributed by atoms with Gasteiger partial charge in [-0.05, 0) is 32.7 Å². The molecule has 1 fully saturated rings. The predicted molar refractivity (Wildman–Crippen MR) is 83.4 cm³/mol. The van der Waals surface area contributed by atoms with Gasteiger partial charge >= 0.3 is 0 Å². The molecule has 0 radical (unpaired) electrons. The van der Waals surface area contributed by atoms with E-state index in [1.807, 2.05) is 6.92 Å². The number of amides is 1. The highest BCUT2D eigenvalue weighted by Crippen LogP contribution is 2.09. The van der Waals surface area contributed by atoms with E-state index in [9.17, 15) is 4.79 Å². The number of nitrogens with zero attached hydrogens (tertiary/aromatic N) is 1. The molecule has 0 saturated carbocycles. The number of rotatable bonds is 11. The Morgan fingerprint density at radius 1 is 1.38 bits per heavy atom. The van der Waals surface area contributed by atoms with Gasteiger partial charge in [0.1, 0.15) is 0 Å². The van der Waals surface area contributed by atoms with E-state index in [1.165, 1.54) is 12.8 Å². The smallest absolute Gasteiger partial charge is 0.237 e. The van der Waals surface area contributed by atoms with Crippen LogP contribution in [0.4, 0.5) is 0 Å². The SMILES string of the molecule is COCCCNC(=O)C(C)N(CCOC)CC1CCCN1. The lowest BCUT2D eigenvalue weighted by Gasteiger charge is -2.30. The van der Waals surface area contributed by atoms with Crippen molar-refractivity contribution < 1.29 is 14.3 Å². The average molecular weight is 301 g/mol. The van der Waals surface area contributed by atoms with Gasteiger partial charge in [0.25, 0.3) is 0 Å². The van der Waals surface area contributed by atoms with Crippen LogP contribution in [-0.2, 0) is 14.3 Å². The van der Waals surface area contributed by atoms with Crippen LogP contribution in [0.25, 0.3) is 0 Å². The summed E-state index contributed by atoms with van der Waals surface area (Å²) in [5.74, 6) is 0.0835. The van der Waals surface area contributed by atoms with Gasteiger partial charge in [0, 0.05) is 46.5 Å². The highest BCUT2D eigenvalue weighted by Gasteiger charge is 2.25. The number of methoxy groups -OCH3 is 2. The van der Waals surface area contributed by atoms with Crippen molar-refractivity contribution >= 4 is 5.91 Å². The summed E-state index contributed by atoms with van der Waals surface area (Å²) in [6, 6.07) is 0.357. The van der Waals surface area contributed by atoms with E-state index in [4.69, 9.17) is 9.47 Å². The van der Waals surface area contributed by atoms with E-state index in [0.717, 1.165) is 26.1 Å². The fraction of sp³-hybridized carbons (Fsp3) is 0.933. The average Bonchev–Trinajstić information content (AvgIpc) is 3.00. The van der Waals surface area contributed by atoms with Crippen molar-refractivity contribution in [3.63, 3.8) is 0 Å². The second-order valence-electron chi connectivity index (χ2n) is 5.59. The van der Waals surface area contributed by atoms with E-state index < -0.39 is 0 Å². The zero-order valence-electron chi connectivity index (χ0n) is 13.7. The Morgan fingerprint density at radius 2 is 2.14 bits per heavy atom. The third-order valence-electron chi connectivity index (χ3n) is 3.95. The van der Waals surface area contributed by atoms with E-state index in [1.54, 1.807) is 14.2 Å². The highest BCUT2D eigenvalue weighted by molar-refractivity contribution is 5.81. The summed E-state index contributed by atoms with van der Waals surface area (Å²) in [7, 11) is 3.37. The minimum absolute atomic E-state index is 0.0835. The first-order valence-corrected chi connectivity index (χ1v) is 7.92. The third kappa shape index (κ3) is 7.22. The maximum atomic E-state index is 12.2. The first-order valence-electron chi connectivity index (χ1n) is 7.92. The number of carbonyl (C=O) groups excluding carboxylic acids is 1. The van der Waals surface area contributed by atoms with Gasteiger partial charge in [-0.1, -0.05) is 0 Å². The Kier molecular flexibility index (Phi) is 9.58. The maximum Gasteiger partial charge on any atom is 0.237 e. The lowest BCUT2D eigenvalue weighted by molar-refractivity contribution is -0.126. The van der Waals surface area contributed by atoms with Gasteiger partial charge in [0.15, 0.2) is 0 Å². The topological polar surface area (TPSA) is 62.8 Å². The molecule has 0 aliphatic carbocycles. The fourth-order valence-electron chi connectivity index (χ4n) is 2.59. The molecule has 1 aliphatic heterocycles. The van der Waals surface area contributed by atoms with Crippen LogP contribution in [0.3, 0.4) is 0 Å². The first-order chi connectivity index (χ1) is 10.2. The van der Waals surface area contributed by atoms with Crippen LogP contribution in [0.2, 0.25) is 0 Å². The summed E-state index contributed by atoms with van der Waals surface area (Å²) in [5.41, 5.74) is 0. The highest BCUT2D eigenvalue weighted by atomic mass is 16.5. The van der Waals surface area contributed by atoms with E-state index in [-0.39, 0.29) is 11.9 Å². The number of hydrogen-bond donors (Lipinski definition) is 2.